The van der Waals surface area contributed by atoms with Crippen LogP contribution in [0.5, 0.6) is 5.88 Å². The zero-order valence-electron chi connectivity index (χ0n) is 17.3. The van der Waals surface area contributed by atoms with Crippen LogP contribution in [0, 0.1) is 5.82 Å². The summed E-state index contributed by atoms with van der Waals surface area (Å²) in [6, 6.07) is 2.31. The minimum atomic E-state index is -3.15. The molecule has 0 bridgehead atoms. The molecule has 2 aromatic rings. The van der Waals surface area contributed by atoms with Crippen molar-refractivity contribution >= 4 is 36.3 Å². The minimum absolute atomic E-state index is 0.00465. The second kappa shape index (κ2) is 10.3. The molecule has 0 aliphatic heterocycles. The highest BCUT2D eigenvalue weighted by molar-refractivity contribution is 7.65. The zero-order chi connectivity index (χ0) is 23.5. The molecule has 0 radical (unpaired) electrons. The molecule has 0 amide bonds. The maximum Gasteiger partial charge on any atom is 0.388 e. The Balaban J connectivity index is 2.58. The summed E-state index contributed by atoms with van der Waals surface area (Å²) in [5.41, 5.74) is -0.927. The summed E-state index contributed by atoms with van der Waals surface area (Å²) < 4.78 is 63.4. The monoisotopic (exact) mass is 500 g/mol. The first-order valence-electron chi connectivity index (χ1n) is 9.30. The second-order valence-electron chi connectivity index (χ2n) is 6.72. The van der Waals surface area contributed by atoms with Gasteiger partial charge >= 0.3 is 12.6 Å². The van der Waals surface area contributed by atoms with E-state index in [9.17, 15) is 22.5 Å². The fourth-order valence-electron chi connectivity index (χ4n) is 3.25. The average molecular weight is 501 g/mol. The molecule has 31 heavy (non-hydrogen) atoms. The molecule has 0 fully saturated rings. The number of ether oxygens (including phenoxy) is 2. The van der Waals surface area contributed by atoms with Crippen molar-refractivity contribution in [2.45, 2.75) is 32.5 Å². The van der Waals surface area contributed by atoms with E-state index in [1.54, 1.807) is 13.8 Å². The third-order valence-electron chi connectivity index (χ3n) is 5.06. The molecule has 0 saturated carbocycles. The summed E-state index contributed by atoms with van der Waals surface area (Å²) in [4.78, 5) is 12.4. The predicted octanol–water partition coefficient (Wildman–Crippen LogP) is 5.62. The van der Waals surface area contributed by atoms with Gasteiger partial charge in [0.2, 0.25) is 5.88 Å². The fourth-order valence-corrected chi connectivity index (χ4v) is 6.13. The number of esters is 1. The summed E-state index contributed by atoms with van der Waals surface area (Å²) in [7, 11) is -0.445. The van der Waals surface area contributed by atoms with Crippen molar-refractivity contribution in [3.8, 4) is 17.1 Å². The lowest BCUT2D eigenvalue weighted by Gasteiger charge is -2.24. The van der Waals surface area contributed by atoms with Crippen LogP contribution in [0.4, 0.5) is 13.2 Å². The van der Waals surface area contributed by atoms with Crippen molar-refractivity contribution in [2.75, 3.05) is 19.4 Å². The number of alkyl halides is 2. The van der Waals surface area contributed by atoms with Crippen molar-refractivity contribution in [2.24, 2.45) is 7.05 Å². The van der Waals surface area contributed by atoms with Gasteiger partial charge in [-0.2, -0.15) is 13.9 Å². The number of hydrogen-bond donors (Lipinski definition) is 0. The van der Waals surface area contributed by atoms with Crippen molar-refractivity contribution in [3.63, 3.8) is 0 Å². The van der Waals surface area contributed by atoms with Gasteiger partial charge in [0.1, 0.15) is 29.3 Å². The van der Waals surface area contributed by atoms with Crippen molar-refractivity contribution < 1.29 is 32.0 Å². The number of aryl methyl sites for hydroxylation is 1. The molecular weight excluding hydrogens is 479 g/mol. The zero-order valence-corrected chi connectivity index (χ0v) is 19.7. The van der Waals surface area contributed by atoms with Gasteiger partial charge in [0.15, 0.2) is 0 Å². The van der Waals surface area contributed by atoms with Crippen LogP contribution < -0.4 is 4.74 Å². The Labute approximate surface area is 188 Å². The Morgan fingerprint density at radius 3 is 2.39 bits per heavy atom. The molecule has 1 aromatic carbocycles. The summed E-state index contributed by atoms with van der Waals surface area (Å²) in [5, 5.41) is 3.67. The Morgan fingerprint density at radius 2 is 1.87 bits per heavy atom. The highest BCUT2D eigenvalue weighted by Gasteiger charge is 2.37. The number of benzene rings is 1. The van der Waals surface area contributed by atoms with Gasteiger partial charge in [-0.05, 0) is 36.4 Å². The van der Waals surface area contributed by atoms with Crippen LogP contribution in [0.3, 0.4) is 0 Å². The maximum absolute atomic E-state index is 14.7. The van der Waals surface area contributed by atoms with Gasteiger partial charge in [-0.3, -0.25) is 4.79 Å². The number of hydrogen-bond acceptors (Lipinski definition) is 5. The molecule has 1 heterocycles. The van der Waals surface area contributed by atoms with Crippen molar-refractivity contribution in [3.05, 3.63) is 33.6 Å². The molecule has 0 aliphatic rings. The van der Waals surface area contributed by atoms with Crippen LogP contribution in [0.2, 0.25) is 10.0 Å². The van der Waals surface area contributed by atoms with Crippen LogP contribution in [-0.4, -0.2) is 47.5 Å². The SMILES string of the molecule is CCP(=O)(CC)C(Cc1cc(-c2nn(C)c(OC(F)F)c2Cl)c(F)cc1Cl)C(=O)OC. The Morgan fingerprint density at radius 1 is 1.26 bits per heavy atom. The molecule has 1 atom stereocenters. The molecule has 2 rings (SSSR count). The van der Waals surface area contributed by atoms with Gasteiger partial charge in [0.05, 0.1) is 7.11 Å². The molecule has 0 spiro atoms. The van der Waals surface area contributed by atoms with E-state index < -0.39 is 37.1 Å². The maximum atomic E-state index is 14.7. The van der Waals surface area contributed by atoms with E-state index in [4.69, 9.17) is 27.9 Å². The molecule has 6 nitrogen and oxygen atoms in total. The van der Waals surface area contributed by atoms with Gasteiger partial charge < -0.3 is 14.0 Å². The van der Waals surface area contributed by atoms with E-state index in [2.05, 4.69) is 9.84 Å². The molecule has 0 aliphatic carbocycles. The van der Waals surface area contributed by atoms with Crippen molar-refractivity contribution in [1.82, 2.24) is 9.78 Å². The third kappa shape index (κ3) is 5.38. The normalized spacial score (nSPS) is 12.8. The van der Waals surface area contributed by atoms with Gasteiger partial charge in [0.25, 0.3) is 0 Å². The van der Waals surface area contributed by atoms with Gasteiger partial charge in [-0.1, -0.05) is 37.0 Å². The third-order valence-corrected chi connectivity index (χ3v) is 9.42. The van der Waals surface area contributed by atoms with Gasteiger partial charge in [0, 0.05) is 17.6 Å². The Kier molecular flexibility index (Phi) is 8.47. The van der Waals surface area contributed by atoms with Crippen LogP contribution >= 0.6 is 30.3 Å². The predicted molar refractivity (Wildman–Crippen MR) is 113 cm³/mol. The minimum Gasteiger partial charge on any atom is -0.468 e. The number of carbonyl (C=O) groups is 1. The topological polar surface area (TPSA) is 70.4 Å². The van der Waals surface area contributed by atoms with E-state index in [-0.39, 0.29) is 40.0 Å². The Bertz CT molecular complexity index is 1010. The van der Waals surface area contributed by atoms with E-state index >= 15 is 0 Å². The van der Waals surface area contributed by atoms with E-state index in [1.165, 1.54) is 20.2 Å². The number of halogens is 5. The molecule has 1 unspecified atom stereocenters. The van der Waals surface area contributed by atoms with Crippen LogP contribution in [0.15, 0.2) is 12.1 Å². The smallest absolute Gasteiger partial charge is 0.388 e. The van der Waals surface area contributed by atoms with Gasteiger partial charge in [-0.15, -0.1) is 0 Å². The summed E-state index contributed by atoms with van der Waals surface area (Å²) in [6.07, 6.45) is 0.479. The summed E-state index contributed by atoms with van der Waals surface area (Å²) in [6.45, 7) is 0.288. The first kappa shape index (κ1) is 25.6. The lowest BCUT2D eigenvalue weighted by molar-refractivity contribution is -0.140. The van der Waals surface area contributed by atoms with E-state index in [1.807, 2.05) is 0 Å². The number of rotatable bonds is 9. The largest absolute Gasteiger partial charge is 0.468 e. The lowest BCUT2D eigenvalue weighted by Crippen LogP contribution is -2.27. The summed E-state index contributed by atoms with van der Waals surface area (Å²) >= 11 is 12.3. The standard InChI is InChI=1S/C19H22Cl2F3N2O4P/c1-5-31(28,6-2)14(18(27)29-4)8-10-7-11(13(22)9-12(10)20)16-15(21)17(26(3)25-16)30-19(23)24/h7,9,14,19H,5-6,8H2,1-4H3. The van der Waals surface area contributed by atoms with Crippen LogP contribution in [-0.2, 0) is 27.6 Å². The van der Waals surface area contributed by atoms with E-state index in [0.717, 1.165) is 10.7 Å². The van der Waals surface area contributed by atoms with Gasteiger partial charge in [-0.25, -0.2) is 9.07 Å². The molecule has 12 heteroatoms. The van der Waals surface area contributed by atoms with Crippen molar-refractivity contribution in [1.29, 1.82) is 0 Å². The number of methoxy groups -OCH3 is 1. The quantitative estimate of drug-likeness (QED) is 0.330. The van der Waals surface area contributed by atoms with Crippen LogP contribution in [0.1, 0.15) is 19.4 Å². The second-order valence-corrected chi connectivity index (χ2v) is 11.3. The average Bonchev–Trinajstić information content (AvgIpc) is 2.99. The molecule has 1 aromatic heterocycles. The molecular formula is C19H22Cl2F3N2O4P. The first-order valence-corrected chi connectivity index (χ1v) is 12.2. The molecule has 0 N–H and O–H groups in total. The van der Waals surface area contributed by atoms with E-state index in [0.29, 0.717) is 5.56 Å². The fraction of sp³-hybridized carbons (Fsp3) is 0.474. The molecule has 0 saturated heterocycles. The number of aromatic nitrogens is 2. The first-order chi connectivity index (χ1) is 14.5. The molecule has 172 valence electrons. The number of nitrogens with zero attached hydrogens (tertiary/aromatic N) is 2. The summed E-state index contributed by atoms with van der Waals surface area (Å²) in [5.74, 6) is -1.89. The van der Waals surface area contributed by atoms with Crippen LogP contribution in [0.25, 0.3) is 11.3 Å². The highest BCUT2D eigenvalue weighted by atomic mass is 35.5. The highest BCUT2D eigenvalue weighted by Crippen LogP contribution is 2.52. The lowest BCUT2D eigenvalue weighted by atomic mass is 10.0. The number of carbonyl (C=O) groups excluding carboxylic acids is 1. The Hall–Kier alpha value is -1.70.